The number of aromatic nitrogens is 2. The van der Waals surface area contributed by atoms with Crippen molar-refractivity contribution in [1.82, 2.24) is 9.97 Å². The van der Waals surface area contributed by atoms with Gasteiger partial charge in [0, 0.05) is 31.5 Å². The second-order valence-corrected chi connectivity index (χ2v) is 5.89. The van der Waals surface area contributed by atoms with E-state index in [1.54, 1.807) is 0 Å². The number of piperidine rings is 1. The number of fused-ring (bicyclic) bond motifs is 1. The van der Waals surface area contributed by atoms with E-state index in [1.165, 1.54) is 18.5 Å². The molecule has 0 bridgehead atoms. The molecule has 0 unspecified atom stereocenters. The Morgan fingerprint density at radius 1 is 1.13 bits per heavy atom. The van der Waals surface area contributed by atoms with E-state index < -0.39 is 11.7 Å². The molecule has 0 amide bonds. The van der Waals surface area contributed by atoms with E-state index in [1.807, 2.05) is 4.90 Å². The third-order valence-corrected chi connectivity index (χ3v) is 3.94. The van der Waals surface area contributed by atoms with Crippen molar-refractivity contribution in [2.45, 2.75) is 25.6 Å². The molecule has 8 heteroatoms. The monoisotopic (exact) mass is 346 g/mol. The zero-order valence-electron chi connectivity index (χ0n) is 12.5. The van der Waals surface area contributed by atoms with Crippen LogP contribution in [0.2, 0.25) is 0 Å². The van der Waals surface area contributed by atoms with Gasteiger partial charge >= 0.3 is 6.18 Å². The molecule has 1 aliphatic rings. The third-order valence-electron chi connectivity index (χ3n) is 3.94. The van der Waals surface area contributed by atoms with Gasteiger partial charge in [-0.25, -0.2) is 0 Å². The van der Waals surface area contributed by atoms with Crippen LogP contribution in [0.1, 0.15) is 18.9 Å². The summed E-state index contributed by atoms with van der Waals surface area (Å²) >= 11 is 0. The molecule has 4 nitrogen and oxygen atoms in total. The van der Waals surface area contributed by atoms with Crippen LogP contribution in [0.4, 0.5) is 18.9 Å². The van der Waals surface area contributed by atoms with Crippen molar-refractivity contribution in [2.24, 2.45) is 11.7 Å². The zero-order valence-corrected chi connectivity index (χ0v) is 13.4. The number of rotatable bonds is 1. The second kappa shape index (κ2) is 6.49. The van der Waals surface area contributed by atoms with Gasteiger partial charge in [0.05, 0.1) is 11.3 Å². The number of hydrogen-bond acceptors (Lipinski definition) is 4. The molecule has 1 aromatic heterocycles. The summed E-state index contributed by atoms with van der Waals surface area (Å²) in [5.41, 5.74) is 6.11. The summed E-state index contributed by atoms with van der Waals surface area (Å²) < 4.78 is 39.3. The number of anilines is 1. The Labute approximate surface area is 138 Å². The lowest BCUT2D eigenvalue weighted by atomic mass is 9.95. The third kappa shape index (κ3) is 3.50. The summed E-state index contributed by atoms with van der Waals surface area (Å²) in [5, 5.41) is 0. The van der Waals surface area contributed by atoms with Gasteiger partial charge in [-0.15, -0.1) is 12.4 Å². The summed E-state index contributed by atoms with van der Waals surface area (Å²) in [7, 11) is 0. The Morgan fingerprint density at radius 2 is 1.78 bits per heavy atom. The minimum atomic E-state index is -4.45. The van der Waals surface area contributed by atoms with Gasteiger partial charge in [0.1, 0.15) is 11.0 Å². The van der Waals surface area contributed by atoms with Crippen molar-refractivity contribution < 1.29 is 13.2 Å². The molecule has 0 aliphatic carbocycles. The number of hydrogen-bond donors (Lipinski definition) is 1. The summed E-state index contributed by atoms with van der Waals surface area (Å²) in [4.78, 5) is 10.0. The van der Waals surface area contributed by atoms with E-state index in [0.29, 0.717) is 18.2 Å². The first-order valence-corrected chi connectivity index (χ1v) is 7.17. The fraction of sp³-hybridized carbons (Fsp3) is 0.467. The Bertz CT molecular complexity index is 682. The fourth-order valence-electron chi connectivity index (χ4n) is 3.12. The Balaban J connectivity index is 0.00000192. The van der Waals surface area contributed by atoms with Crippen LogP contribution in [-0.4, -0.2) is 29.1 Å². The maximum Gasteiger partial charge on any atom is 0.418 e. The molecule has 23 heavy (non-hydrogen) atoms. The molecule has 2 N–H and O–H groups in total. The predicted octanol–water partition coefficient (Wildman–Crippen LogP) is 3.24. The number of benzene rings is 1. The molecule has 1 saturated heterocycles. The van der Waals surface area contributed by atoms with Crippen LogP contribution in [0.25, 0.3) is 11.0 Å². The predicted molar refractivity (Wildman–Crippen MR) is 85.8 cm³/mol. The highest BCUT2D eigenvalue weighted by Crippen LogP contribution is 2.37. The molecular formula is C15H18ClF3N4. The maximum absolute atomic E-state index is 13.1. The van der Waals surface area contributed by atoms with Gasteiger partial charge in [-0.05, 0) is 24.5 Å². The van der Waals surface area contributed by atoms with Gasteiger partial charge in [-0.3, -0.25) is 9.97 Å². The quantitative estimate of drug-likeness (QED) is 0.861. The van der Waals surface area contributed by atoms with Gasteiger partial charge in [0.25, 0.3) is 0 Å². The van der Waals surface area contributed by atoms with Gasteiger partial charge in [0.15, 0.2) is 0 Å². The molecule has 2 atom stereocenters. The Kier molecular flexibility index (Phi) is 5.01. The molecule has 1 aliphatic heterocycles. The van der Waals surface area contributed by atoms with E-state index in [-0.39, 0.29) is 29.5 Å². The van der Waals surface area contributed by atoms with E-state index >= 15 is 0 Å². The molecule has 2 heterocycles. The Hall–Kier alpha value is -1.60. The van der Waals surface area contributed by atoms with Crippen molar-refractivity contribution in [3.05, 3.63) is 30.1 Å². The lowest BCUT2D eigenvalue weighted by Gasteiger charge is -2.36. The zero-order chi connectivity index (χ0) is 15.9. The SMILES string of the molecule is C[C@@H]1C[C@H](N)CN(c2ccc(C(F)(F)F)c3nccnc23)C1.Cl. The summed E-state index contributed by atoms with van der Waals surface area (Å²) in [6.07, 6.45) is -0.829. The molecule has 0 radical (unpaired) electrons. The van der Waals surface area contributed by atoms with Crippen molar-refractivity contribution in [3.8, 4) is 0 Å². The van der Waals surface area contributed by atoms with E-state index in [9.17, 15) is 13.2 Å². The summed E-state index contributed by atoms with van der Waals surface area (Å²) in [6.45, 7) is 3.45. The van der Waals surface area contributed by atoms with Crippen LogP contribution in [0.3, 0.4) is 0 Å². The molecule has 1 fully saturated rings. The number of alkyl halides is 3. The molecule has 0 spiro atoms. The molecular weight excluding hydrogens is 329 g/mol. The van der Waals surface area contributed by atoms with Crippen molar-refractivity contribution in [1.29, 1.82) is 0 Å². The van der Waals surface area contributed by atoms with E-state index in [2.05, 4.69) is 16.9 Å². The normalized spacial score (nSPS) is 22.0. The average Bonchev–Trinajstić information content (AvgIpc) is 2.44. The highest BCUT2D eigenvalue weighted by Gasteiger charge is 2.35. The largest absolute Gasteiger partial charge is 0.418 e. The maximum atomic E-state index is 13.1. The standard InChI is InChI=1S/C15H17F3N4.ClH/c1-9-6-10(19)8-22(7-9)12-3-2-11(15(16,17)18)13-14(12)21-5-4-20-13;/h2-5,9-10H,6-8,19H2,1H3;1H/t9-,10+;/m1./s1. The van der Waals surface area contributed by atoms with Crippen LogP contribution in [-0.2, 0) is 6.18 Å². The summed E-state index contributed by atoms with van der Waals surface area (Å²) in [6, 6.07) is 2.57. The topological polar surface area (TPSA) is 55.0 Å². The van der Waals surface area contributed by atoms with Crippen LogP contribution >= 0.6 is 12.4 Å². The van der Waals surface area contributed by atoms with Crippen LogP contribution in [0.5, 0.6) is 0 Å². The highest BCUT2D eigenvalue weighted by molar-refractivity contribution is 5.90. The Morgan fingerprint density at radius 3 is 2.39 bits per heavy atom. The van der Waals surface area contributed by atoms with E-state index in [0.717, 1.165) is 19.0 Å². The number of nitrogens with two attached hydrogens (primary N) is 1. The smallest absolute Gasteiger partial charge is 0.368 e. The average molecular weight is 347 g/mol. The van der Waals surface area contributed by atoms with Crippen molar-refractivity contribution >= 4 is 29.1 Å². The van der Waals surface area contributed by atoms with Gasteiger partial charge < -0.3 is 10.6 Å². The van der Waals surface area contributed by atoms with Crippen molar-refractivity contribution in [3.63, 3.8) is 0 Å². The number of nitrogens with zero attached hydrogens (tertiary/aromatic N) is 3. The van der Waals surface area contributed by atoms with Crippen LogP contribution in [0.15, 0.2) is 24.5 Å². The molecule has 0 saturated carbocycles. The van der Waals surface area contributed by atoms with Gasteiger partial charge in [-0.2, -0.15) is 13.2 Å². The molecule has 3 rings (SSSR count). The lowest BCUT2D eigenvalue weighted by Crippen LogP contribution is -2.46. The second-order valence-electron chi connectivity index (χ2n) is 5.89. The number of halogens is 4. The van der Waals surface area contributed by atoms with Crippen LogP contribution < -0.4 is 10.6 Å². The lowest BCUT2D eigenvalue weighted by molar-refractivity contribution is -0.136. The summed E-state index contributed by atoms with van der Waals surface area (Å²) in [5.74, 6) is 0.387. The minimum Gasteiger partial charge on any atom is -0.368 e. The minimum absolute atomic E-state index is 0. The molecule has 126 valence electrons. The first kappa shape index (κ1) is 17.7. The van der Waals surface area contributed by atoms with Crippen LogP contribution in [0, 0.1) is 5.92 Å². The van der Waals surface area contributed by atoms with E-state index in [4.69, 9.17) is 5.73 Å². The van der Waals surface area contributed by atoms with Crippen molar-refractivity contribution in [2.75, 3.05) is 18.0 Å². The fourth-order valence-corrected chi connectivity index (χ4v) is 3.12. The van der Waals surface area contributed by atoms with Gasteiger partial charge in [-0.1, -0.05) is 6.92 Å². The highest BCUT2D eigenvalue weighted by atomic mass is 35.5. The molecule has 1 aromatic carbocycles. The van der Waals surface area contributed by atoms with Gasteiger partial charge in [0.2, 0.25) is 0 Å². The molecule has 2 aromatic rings. The first-order chi connectivity index (χ1) is 10.4. The first-order valence-electron chi connectivity index (χ1n) is 7.17.